The Hall–Kier alpha value is -0.520. The molecule has 0 atom stereocenters. The van der Waals surface area contributed by atoms with Gasteiger partial charge in [-0.25, -0.2) is 0 Å². The van der Waals surface area contributed by atoms with Gasteiger partial charge in [0.25, 0.3) is 0 Å². The molecule has 13 heavy (non-hydrogen) atoms. The summed E-state index contributed by atoms with van der Waals surface area (Å²) in [5, 5.41) is 1.19. The van der Waals surface area contributed by atoms with Crippen LogP contribution in [0.3, 0.4) is 0 Å². The largest absolute Gasteiger partial charge is 0.468 e. The topological polar surface area (TPSA) is 38.9 Å². The number of hydrogen-bond acceptors (Lipinski definition) is 5. The minimum Gasteiger partial charge on any atom is -0.468 e. The van der Waals surface area contributed by atoms with Crippen molar-refractivity contribution in [2.45, 2.75) is 16.8 Å². The van der Waals surface area contributed by atoms with Gasteiger partial charge in [0, 0.05) is 0 Å². The third kappa shape index (κ3) is 1.87. The third-order valence-corrected chi connectivity index (χ3v) is 3.68. The molecule has 2 aromatic rings. The molecule has 0 aliphatic heterocycles. The Morgan fingerprint density at radius 2 is 2.38 bits per heavy atom. The molecule has 2 rings (SSSR count). The molecule has 2 heterocycles. The molecule has 0 fully saturated rings. The van der Waals surface area contributed by atoms with Gasteiger partial charge in [0.2, 0.25) is 0 Å². The minimum absolute atomic E-state index is 0.454. The van der Waals surface area contributed by atoms with E-state index in [4.69, 9.17) is 16.0 Å². The average Bonchev–Trinajstić information content (AvgIpc) is 2.65. The number of rotatable bonds is 2. The summed E-state index contributed by atoms with van der Waals surface area (Å²) in [4.78, 5) is 1.02. The first-order valence-electron chi connectivity index (χ1n) is 3.47. The quantitative estimate of drug-likeness (QED) is 0.797. The van der Waals surface area contributed by atoms with Gasteiger partial charge in [0.1, 0.15) is 5.76 Å². The van der Waals surface area contributed by atoms with Crippen LogP contribution in [0.2, 0.25) is 5.15 Å². The van der Waals surface area contributed by atoms with Crippen LogP contribution in [0.4, 0.5) is 0 Å². The Balaban J connectivity index is 2.24. The number of aryl methyl sites for hydroxylation is 1. The number of halogens is 1. The van der Waals surface area contributed by atoms with Crippen LogP contribution < -0.4 is 0 Å². The summed E-state index contributed by atoms with van der Waals surface area (Å²) >= 11 is 8.37. The predicted molar refractivity (Wildman–Crippen MR) is 52.5 cm³/mol. The monoisotopic (exact) mass is 232 g/mol. The maximum absolute atomic E-state index is 5.79. The van der Waals surface area contributed by atoms with Crippen molar-refractivity contribution in [2.24, 2.45) is 0 Å². The highest BCUT2D eigenvalue weighted by molar-refractivity contribution is 7.99. The van der Waals surface area contributed by atoms with E-state index in [1.54, 1.807) is 6.26 Å². The molecule has 0 radical (unpaired) electrons. The Bertz CT molecular complexity index is 374. The zero-order chi connectivity index (χ0) is 9.26. The van der Waals surface area contributed by atoms with Crippen molar-refractivity contribution < 1.29 is 4.42 Å². The Morgan fingerprint density at radius 1 is 1.54 bits per heavy atom. The van der Waals surface area contributed by atoms with E-state index < -0.39 is 0 Å². The highest BCUT2D eigenvalue weighted by Gasteiger charge is 2.10. The Morgan fingerprint density at radius 3 is 2.92 bits per heavy atom. The molecule has 0 amide bonds. The maximum atomic E-state index is 5.79. The van der Waals surface area contributed by atoms with Crippen molar-refractivity contribution >= 4 is 35.1 Å². The summed E-state index contributed by atoms with van der Waals surface area (Å²) in [5.41, 5.74) is 0. The molecular weight excluding hydrogens is 228 g/mol. The maximum Gasteiger partial charge on any atom is 0.177 e. The van der Waals surface area contributed by atoms with Gasteiger partial charge in [0.05, 0.1) is 22.9 Å². The van der Waals surface area contributed by atoms with Crippen LogP contribution in [0.1, 0.15) is 5.76 Å². The molecule has 0 spiro atoms. The van der Waals surface area contributed by atoms with E-state index in [1.165, 1.54) is 11.8 Å². The van der Waals surface area contributed by atoms with Crippen LogP contribution in [0.15, 0.2) is 26.7 Å². The lowest BCUT2D eigenvalue weighted by Gasteiger charge is -1.93. The molecule has 0 aliphatic rings. The first-order valence-corrected chi connectivity index (χ1v) is 5.40. The fourth-order valence-corrected chi connectivity index (χ4v) is 2.43. The minimum atomic E-state index is 0.454. The summed E-state index contributed by atoms with van der Waals surface area (Å²) < 4.78 is 13.1. The number of aromatic nitrogens is 2. The fourth-order valence-electron chi connectivity index (χ4n) is 0.814. The molecule has 6 heteroatoms. The van der Waals surface area contributed by atoms with Gasteiger partial charge < -0.3 is 4.42 Å². The standard InChI is InChI=1S/C7H5ClN2OS2/c1-4-5(2-3-11-4)12-7-6(8)9-13-10-7/h2-3H,1H3. The summed E-state index contributed by atoms with van der Waals surface area (Å²) in [6.07, 6.45) is 1.64. The van der Waals surface area contributed by atoms with E-state index in [0.717, 1.165) is 27.4 Å². The second-order valence-electron chi connectivity index (χ2n) is 2.30. The van der Waals surface area contributed by atoms with Crippen LogP contribution in [-0.4, -0.2) is 8.75 Å². The van der Waals surface area contributed by atoms with E-state index in [-0.39, 0.29) is 0 Å². The summed E-state index contributed by atoms with van der Waals surface area (Å²) in [5.74, 6) is 0.870. The van der Waals surface area contributed by atoms with E-state index in [0.29, 0.717) is 5.15 Å². The van der Waals surface area contributed by atoms with E-state index >= 15 is 0 Å². The van der Waals surface area contributed by atoms with Gasteiger partial charge in [-0.15, -0.1) is 0 Å². The summed E-state index contributed by atoms with van der Waals surface area (Å²) in [7, 11) is 0. The molecule has 0 saturated heterocycles. The Labute approximate surface area is 88.4 Å². The highest BCUT2D eigenvalue weighted by Crippen LogP contribution is 2.33. The fraction of sp³-hybridized carbons (Fsp3) is 0.143. The highest BCUT2D eigenvalue weighted by atomic mass is 35.5. The van der Waals surface area contributed by atoms with Crippen LogP contribution >= 0.6 is 35.1 Å². The lowest BCUT2D eigenvalue weighted by atomic mass is 10.5. The molecule has 68 valence electrons. The summed E-state index contributed by atoms with van der Waals surface area (Å²) in [6, 6.07) is 1.88. The molecule has 0 aliphatic carbocycles. The summed E-state index contributed by atoms with van der Waals surface area (Å²) in [6.45, 7) is 1.90. The van der Waals surface area contributed by atoms with Gasteiger partial charge in [-0.1, -0.05) is 23.4 Å². The van der Waals surface area contributed by atoms with E-state index in [9.17, 15) is 0 Å². The number of hydrogen-bond donors (Lipinski definition) is 0. The van der Waals surface area contributed by atoms with Crippen molar-refractivity contribution in [3.63, 3.8) is 0 Å². The second kappa shape index (κ2) is 3.69. The zero-order valence-corrected chi connectivity index (χ0v) is 9.04. The molecule has 2 aromatic heterocycles. The van der Waals surface area contributed by atoms with Gasteiger partial charge in [-0.05, 0) is 13.0 Å². The third-order valence-electron chi connectivity index (χ3n) is 1.44. The first kappa shape index (κ1) is 9.05. The van der Waals surface area contributed by atoms with Crippen molar-refractivity contribution in [1.82, 2.24) is 8.75 Å². The normalized spacial score (nSPS) is 10.6. The smallest absolute Gasteiger partial charge is 0.177 e. The van der Waals surface area contributed by atoms with Crippen LogP contribution in [-0.2, 0) is 0 Å². The SMILES string of the molecule is Cc1occc1Sc1nsnc1Cl. The van der Waals surface area contributed by atoms with Crippen LogP contribution in [0.5, 0.6) is 0 Å². The molecule has 0 aromatic carbocycles. The van der Waals surface area contributed by atoms with Crippen molar-refractivity contribution in [2.75, 3.05) is 0 Å². The zero-order valence-electron chi connectivity index (χ0n) is 6.65. The van der Waals surface area contributed by atoms with Crippen molar-refractivity contribution in [3.05, 3.63) is 23.2 Å². The van der Waals surface area contributed by atoms with Crippen molar-refractivity contribution in [1.29, 1.82) is 0 Å². The van der Waals surface area contributed by atoms with Gasteiger partial charge in [0.15, 0.2) is 10.2 Å². The van der Waals surface area contributed by atoms with Gasteiger partial charge in [-0.3, -0.25) is 0 Å². The van der Waals surface area contributed by atoms with E-state index in [1.807, 2.05) is 13.0 Å². The first-order chi connectivity index (χ1) is 6.27. The second-order valence-corrected chi connectivity index (χ2v) is 4.22. The molecular formula is C7H5ClN2OS2. The number of nitrogens with zero attached hydrogens (tertiary/aromatic N) is 2. The molecule has 3 nitrogen and oxygen atoms in total. The lowest BCUT2D eigenvalue weighted by Crippen LogP contribution is -1.73. The molecule has 0 N–H and O–H groups in total. The molecule has 0 bridgehead atoms. The average molecular weight is 233 g/mol. The van der Waals surface area contributed by atoms with Crippen molar-refractivity contribution in [3.8, 4) is 0 Å². The molecule has 0 saturated carbocycles. The lowest BCUT2D eigenvalue weighted by molar-refractivity contribution is 0.527. The predicted octanol–water partition coefficient (Wildman–Crippen LogP) is 3.24. The van der Waals surface area contributed by atoms with Crippen LogP contribution in [0.25, 0.3) is 0 Å². The van der Waals surface area contributed by atoms with Gasteiger partial charge in [-0.2, -0.15) is 8.75 Å². The van der Waals surface area contributed by atoms with Crippen LogP contribution in [0, 0.1) is 6.92 Å². The van der Waals surface area contributed by atoms with E-state index in [2.05, 4.69) is 8.75 Å². The number of furan rings is 1. The van der Waals surface area contributed by atoms with Gasteiger partial charge >= 0.3 is 0 Å². The Kier molecular flexibility index (Phi) is 2.57. The molecule has 0 unspecified atom stereocenters.